The molecule has 3 aromatic rings. The summed E-state index contributed by atoms with van der Waals surface area (Å²) in [6.45, 7) is 7.92. The molecule has 4 rings (SSSR count). The monoisotopic (exact) mass is 344 g/mol. The number of nitrogens with zero attached hydrogens (tertiary/aromatic N) is 6. The Kier molecular flexibility index (Phi) is 4.15. The van der Waals surface area contributed by atoms with Crippen molar-refractivity contribution < 1.29 is 4.52 Å². The van der Waals surface area contributed by atoms with Gasteiger partial charge in [-0.15, -0.1) is 11.3 Å². The summed E-state index contributed by atoms with van der Waals surface area (Å²) >= 11 is 1.70. The highest BCUT2D eigenvalue weighted by Gasteiger charge is 2.27. The number of rotatable bonds is 4. The van der Waals surface area contributed by atoms with Crippen molar-refractivity contribution in [1.29, 1.82) is 0 Å². The molecular weight excluding hydrogens is 324 g/mol. The van der Waals surface area contributed by atoms with Crippen LogP contribution >= 0.6 is 11.3 Å². The lowest BCUT2D eigenvalue weighted by molar-refractivity contribution is 0.164. The zero-order valence-electron chi connectivity index (χ0n) is 13.8. The summed E-state index contributed by atoms with van der Waals surface area (Å²) in [6.07, 6.45) is 2.46. The topological polar surface area (TPSA) is 71.2 Å². The summed E-state index contributed by atoms with van der Waals surface area (Å²) in [4.78, 5) is 18.0. The van der Waals surface area contributed by atoms with Crippen molar-refractivity contribution >= 4 is 27.4 Å². The van der Waals surface area contributed by atoms with Gasteiger partial charge in [0.1, 0.15) is 12.1 Å². The summed E-state index contributed by atoms with van der Waals surface area (Å²) in [5.74, 6) is 2.54. The molecule has 0 aromatic carbocycles. The van der Waals surface area contributed by atoms with E-state index in [1.54, 1.807) is 17.7 Å². The molecule has 1 aliphatic rings. The van der Waals surface area contributed by atoms with E-state index < -0.39 is 0 Å². The number of fused-ring (bicyclic) bond motifs is 1. The average Bonchev–Trinajstić information content (AvgIpc) is 3.30. The van der Waals surface area contributed by atoms with Gasteiger partial charge in [0.25, 0.3) is 0 Å². The predicted octanol–water partition coefficient (Wildman–Crippen LogP) is 2.52. The van der Waals surface area contributed by atoms with Crippen molar-refractivity contribution in [2.24, 2.45) is 0 Å². The van der Waals surface area contributed by atoms with Gasteiger partial charge in [-0.05, 0) is 18.4 Å². The average molecular weight is 344 g/mol. The van der Waals surface area contributed by atoms with Gasteiger partial charge in [0.15, 0.2) is 5.82 Å². The van der Waals surface area contributed by atoms with Gasteiger partial charge < -0.3 is 9.42 Å². The molecule has 0 unspecified atom stereocenters. The third-order valence-corrected chi connectivity index (χ3v) is 5.44. The maximum Gasteiger partial charge on any atom is 0.243 e. The van der Waals surface area contributed by atoms with Crippen LogP contribution in [0.25, 0.3) is 10.2 Å². The van der Waals surface area contributed by atoms with Gasteiger partial charge in [-0.3, -0.25) is 4.90 Å². The fourth-order valence-corrected chi connectivity index (χ4v) is 3.92. The molecule has 0 spiro atoms. The van der Waals surface area contributed by atoms with E-state index in [2.05, 4.69) is 42.2 Å². The fourth-order valence-electron chi connectivity index (χ4n) is 3.06. The van der Waals surface area contributed by atoms with E-state index in [-0.39, 0.29) is 6.04 Å². The molecule has 0 bridgehead atoms. The van der Waals surface area contributed by atoms with Crippen LogP contribution in [-0.4, -0.2) is 51.2 Å². The van der Waals surface area contributed by atoms with Crippen LogP contribution in [0.15, 0.2) is 22.3 Å². The Morgan fingerprint density at radius 2 is 2.08 bits per heavy atom. The molecule has 4 heterocycles. The Labute approximate surface area is 144 Å². The highest BCUT2D eigenvalue weighted by molar-refractivity contribution is 7.17. The Bertz CT molecular complexity index is 823. The summed E-state index contributed by atoms with van der Waals surface area (Å²) in [5.41, 5.74) is 1.03. The van der Waals surface area contributed by atoms with Gasteiger partial charge in [0.05, 0.1) is 16.3 Å². The van der Waals surface area contributed by atoms with Crippen molar-refractivity contribution in [3.63, 3.8) is 0 Å². The van der Waals surface area contributed by atoms with Crippen LogP contribution in [0.5, 0.6) is 0 Å². The number of hydrogen-bond acceptors (Lipinski definition) is 8. The lowest BCUT2D eigenvalue weighted by Gasteiger charge is -2.37. The fraction of sp³-hybridized carbons (Fsp3) is 0.500. The number of aromatic nitrogens is 4. The molecule has 1 aliphatic heterocycles. The van der Waals surface area contributed by atoms with Gasteiger partial charge in [0.2, 0.25) is 5.89 Å². The molecule has 0 radical (unpaired) electrons. The maximum absolute atomic E-state index is 5.39. The quantitative estimate of drug-likeness (QED) is 0.720. The number of anilines is 1. The lowest BCUT2D eigenvalue weighted by Crippen LogP contribution is -2.47. The summed E-state index contributed by atoms with van der Waals surface area (Å²) in [6, 6.07) is 2.19. The Morgan fingerprint density at radius 3 is 2.83 bits per heavy atom. The van der Waals surface area contributed by atoms with E-state index in [4.69, 9.17) is 4.52 Å². The smallest absolute Gasteiger partial charge is 0.243 e. The largest absolute Gasteiger partial charge is 0.353 e. The number of thiophene rings is 1. The molecule has 0 saturated carbocycles. The molecule has 1 atom stereocenters. The van der Waals surface area contributed by atoms with Gasteiger partial charge in [-0.25, -0.2) is 9.97 Å². The zero-order chi connectivity index (χ0) is 16.5. The molecule has 0 N–H and O–H groups in total. The standard InChI is InChI=1S/C16H20N6OS/c1-3-13-19-16(23-20-13)11(2)21-5-7-22(8-6-21)15-14-12(4-9-24-14)17-10-18-15/h4,9-11H,3,5-8H2,1-2H3/t11-/m0/s1. The normalized spacial score (nSPS) is 17.5. The van der Waals surface area contributed by atoms with E-state index >= 15 is 0 Å². The van der Waals surface area contributed by atoms with Crippen LogP contribution in [0.3, 0.4) is 0 Å². The first-order chi connectivity index (χ1) is 11.8. The Hall–Kier alpha value is -2.06. The van der Waals surface area contributed by atoms with E-state index in [9.17, 15) is 0 Å². The molecule has 126 valence electrons. The second-order valence-corrected chi connectivity index (χ2v) is 6.85. The van der Waals surface area contributed by atoms with Crippen LogP contribution in [0.4, 0.5) is 5.82 Å². The molecule has 1 fully saturated rings. The van der Waals surface area contributed by atoms with Crippen LogP contribution in [0.1, 0.15) is 31.6 Å². The van der Waals surface area contributed by atoms with Gasteiger partial charge >= 0.3 is 0 Å². The lowest BCUT2D eigenvalue weighted by atomic mass is 10.2. The third-order valence-electron chi connectivity index (χ3n) is 4.54. The van der Waals surface area contributed by atoms with Gasteiger partial charge in [0, 0.05) is 32.6 Å². The molecule has 24 heavy (non-hydrogen) atoms. The maximum atomic E-state index is 5.39. The number of piperazine rings is 1. The Balaban J connectivity index is 1.45. The molecule has 0 aliphatic carbocycles. The van der Waals surface area contributed by atoms with Crippen molar-refractivity contribution in [2.75, 3.05) is 31.1 Å². The summed E-state index contributed by atoms with van der Waals surface area (Å²) in [5, 5.41) is 6.07. The SMILES string of the molecule is CCc1noc([C@H](C)N2CCN(c3ncnc4ccsc34)CC2)n1. The van der Waals surface area contributed by atoms with Gasteiger partial charge in [-0.1, -0.05) is 12.1 Å². The molecule has 8 heteroatoms. The summed E-state index contributed by atoms with van der Waals surface area (Å²) in [7, 11) is 0. The second kappa shape index (κ2) is 6.45. The second-order valence-electron chi connectivity index (χ2n) is 5.93. The number of hydrogen-bond donors (Lipinski definition) is 0. The molecule has 0 amide bonds. The Morgan fingerprint density at radius 1 is 1.25 bits per heavy atom. The van der Waals surface area contributed by atoms with E-state index in [1.807, 2.05) is 13.0 Å². The van der Waals surface area contributed by atoms with E-state index in [0.29, 0.717) is 5.89 Å². The zero-order valence-corrected chi connectivity index (χ0v) is 14.7. The predicted molar refractivity (Wildman–Crippen MR) is 93.3 cm³/mol. The first-order valence-corrected chi connectivity index (χ1v) is 9.14. The van der Waals surface area contributed by atoms with Crippen LogP contribution < -0.4 is 4.90 Å². The van der Waals surface area contributed by atoms with Crippen LogP contribution in [-0.2, 0) is 6.42 Å². The van der Waals surface area contributed by atoms with Crippen molar-refractivity contribution in [3.05, 3.63) is 29.5 Å². The van der Waals surface area contributed by atoms with Crippen LogP contribution in [0.2, 0.25) is 0 Å². The number of aryl methyl sites for hydroxylation is 1. The highest BCUT2D eigenvalue weighted by Crippen LogP contribution is 2.29. The van der Waals surface area contributed by atoms with Crippen LogP contribution in [0, 0.1) is 0 Å². The first-order valence-electron chi connectivity index (χ1n) is 8.26. The minimum atomic E-state index is 0.145. The van der Waals surface area contributed by atoms with Crippen molar-refractivity contribution in [3.8, 4) is 0 Å². The molecule has 3 aromatic heterocycles. The molecule has 7 nitrogen and oxygen atoms in total. The highest BCUT2D eigenvalue weighted by atomic mass is 32.1. The first kappa shape index (κ1) is 15.5. The summed E-state index contributed by atoms with van der Waals surface area (Å²) < 4.78 is 6.56. The van der Waals surface area contributed by atoms with Crippen molar-refractivity contribution in [2.45, 2.75) is 26.3 Å². The molecular formula is C16H20N6OS. The van der Waals surface area contributed by atoms with E-state index in [0.717, 1.165) is 49.8 Å². The third kappa shape index (κ3) is 2.76. The minimum Gasteiger partial charge on any atom is -0.353 e. The minimum absolute atomic E-state index is 0.145. The van der Waals surface area contributed by atoms with E-state index in [1.165, 1.54) is 4.70 Å². The van der Waals surface area contributed by atoms with Crippen molar-refractivity contribution in [1.82, 2.24) is 25.0 Å². The molecule has 1 saturated heterocycles. The van der Waals surface area contributed by atoms with Gasteiger partial charge in [-0.2, -0.15) is 4.98 Å².